The van der Waals surface area contributed by atoms with E-state index in [1.807, 2.05) is 0 Å². The Hall–Kier alpha value is -0.603. The summed E-state index contributed by atoms with van der Waals surface area (Å²) in [5.41, 5.74) is 4.19. The third kappa shape index (κ3) is 1.48. The van der Waals surface area contributed by atoms with E-state index in [0.29, 0.717) is 0 Å². The molecule has 0 saturated carbocycles. The van der Waals surface area contributed by atoms with Gasteiger partial charge in [0.25, 0.3) is 0 Å². The fraction of sp³-hybridized carbons (Fsp3) is 0. The first-order valence-electron chi connectivity index (χ1n) is 2.29. The van der Waals surface area contributed by atoms with Crippen LogP contribution < -0.4 is 0 Å². The van der Waals surface area contributed by atoms with Crippen LogP contribution in [0.3, 0.4) is 0 Å². The summed E-state index contributed by atoms with van der Waals surface area (Å²) in [6.45, 7) is 10.1. The van der Waals surface area contributed by atoms with Crippen molar-refractivity contribution >= 4 is 8.32 Å². The van der Waals surface area contributed by atoms with Gasteiger partial charge in [-0.1, -0.05) is 17.1 Å². The smallest absolute Gasteiger partial charge is 0.281 e. The van der Waals surface area contributed by atoms with Crippen molar-refractivity contribution < 1.29 is 4.80 Å². The van der Waals surface area contributed by atoms with Gasteiger partial charge in [-0.3, -0.25) is 4.80 Å². The summed E-state index contributed by atoms with van der Waals surface area (Å²) >= 11 is 0. The molecule has 2 heteroatoms. The normalized spacial score (nSPS) is 10.1. The van der Waals surface area contributed by atoms with Crippen molar-refractivity contribution in [2.45, 2.75) is 0 Å². The molecule has 0 rings (SSSR count). The van der Waals surface area contributed by atoms with E-state index in [-0.39, 0.29) is 0 Å². The molecule has 0 amide bonds. The molecule has 43 valence electrons. The van der Waals surface area contributed by atoms with Crippen molar-refractivity contribution in [2.75, 3.05) is 0 Å². The third-order valence-corrected chi connectivity index (χ3v) is 2.87. The Morgan fingerprint density at radius 2 is 1.25 bits per heavy atom. The van der Waals surface area contributed by atoms with E-state index in [9.17, 15) is 4.80 Å². The van der Waals surface area contributed by atoms with Gasteiger partial charge in [-0.25, -0.2) is 0 Å². The Bertz CT molecular complexity index is 95.9. The van der Waals surface area contributed by atoms with Gasteiger partial charge in [0, 0.05) is 0 Å². The number of rotatable bonds is 3. The molecule has 0 atom stereocenters. The topological polar surface area (TPSA) is 19.9 Å². The molecule has 0 unspecified atom stereocenters. The van der Waals surface area contributed by atoms with E-state index >= 15 is 0 Å². The first kappa shape index (κ1) is 7.40. The highest BCUT2D eigenvalue weighted by Gasteiger charge is 2.19. The van der Waals surface area contributed by atoms with Crippen LogP contribution in [0, 0.1) is 0 Å². The van der Waals surface area contributed by atoms with E-state index in [0.717, 1.165) is 0 Å². The second-order valence-electron chi connectivity index (χ2n) is 1.47. The summed E-state index contributed by atoms with van der Waals surface area (Å²) in [6, 6.07) is 0. The Kier molecular flexibility index (Phi) is 2.44. The minimum absolute atomic E-state index is 1.40. The fourth-order valence-electron chi connectivity index (χ4n) is 0.250. The van der Waals surface area contributed by atoms with Gasteiger partial charge < -0.3 is 0 Å². The van der Waals surface area contributed by atoms with Crippen LogP contribution >= 0.6 is 0 Å². The van der Waals surface area contributed by atoms with E-state index in [4.69, 9.17) is 0 Å². The quantitative estimate of drug-likeness (QED) is 0.510. The van der Waals surface area contributed by atoms with Gasteiger partial charge in [0.05, 0.1) is 0 Å². The van der Waals surface area contributed by atoms with Gasteiger partial charge in [-0.05, 0) is 0 Å². The zero-order valence-corrected chi connectivity index (χ0v) is 5.76. The van der Waals surface area contributed by atoms with Crippen molar-refractivity contribution in [1.82, 2.24) is 0 Å². The summed E-state index contributed by atoms with van der Waals surface area (Å²) in [4.78, 5) is 11.0. The van der Waals surface area contributed by atoms with E-state index in [1.165, 1.54) is 17.1 Å². The molecule has 0 spiro atoms. The van der Waals surface area contributed by atoms with Crippen LogP contribution in [-0.4, -0.2) is 8.32 Å². The monoisotopic (exact) mass is 125 g/mol. The molecular formula is C6H9OSi. The van der Waals surface area contributed by atoms with Gasteiger partial charge in [-0.15, -0.1) is 19.7 Å². The second-order valence-corrected chi connectivity index (χ2v) is 4.40. The Labute approximate surface area is 50.8 Å². The molecule has 0 aromatic carbocycles. The molecule has 0 aliphatic carbocycles. The van der Waals surface area contributed by atoms with Crippen molar-refractivity contribution in [3.05, 3.63) is 36.8 Å². The summed E-state index contributed by atoms with van der Waals surface area (Å²) in [5.74, 6) is 0. The van der Waals surface area contributed by atoms with Crippen molar-refractivity contribution in [3.8, 4) is 0 Å². The van der Waals surface area contributed by atoms with Crippen LogP contribution in [0.1, 0.15) is 0 Å². The Morgan fingerprint density at radius 1 is 1.00 bits per heavy atom. The molecule has 0 aromatic rings. The van der Waals surface area contributed by atoms with E-state index < -0.39 is 8.32 Å². The third-order valence-electron chi connectivity index (χ3n) is 0.957. The summed E-state index contributed by atoms with van der Waals surface area (Å²) in [5, 5.41) is 0. The standard InChI is InChI=1S/C6H9OSi/c1-4-8(7,5-2)6-3/h4-6H,1-3H2. The van der Waals surface area contributed by atoms with Crippen LogP contribution in [0.2, 0.25) is 0 Å². The minimum Gasteiger partial charge on any atom is -0.281 e. The van der Waals surface area contributed by atoms with E-state index in [1.54, 1.807) is 0 Å². The van der Waals surface area contributed by atoms with Crippen LogP contribution in [0.25, 0.3) is 0 Å². The van der Waals surface area contributed by atoms with Gasteiger partial charge in [-0.2, -0.15) is 0 Å². The zero-order chi connectivity index (χ0) is 6.62. The van der Waals surface area contributed by atoms with Crippen LogP contribution in [0.15, 0.2) is 36.8 Å². The van der Waals surface area contributed by atoms with Gasteiger partial charge in [0.2, 0.25) is 0 Å². The maximum atomic E-state index is 11.0. The Balaban J connectivity index is 4.18. The molecule has 0 aromatic heterocycles. The van der Waals surface area contributed by atoms with Gasteiger partial charge >= 0.3 is 8.32 Å². The molecular weight excluding hydrogens is 116 g/mol. The molecule has 0 aliphatic rings. The molecule has 0 bridgehead atoms. The second kappa shape index (κ2) is 2.64. The lowest BCUT2D eigenvalue weighted by atomic mass is 11.2. The first-order chi connectivity index (χ1) is 3.68. The predicted octanol–water partition coefficient (Wildman–Crippen LogP) is 1.54. The molecule has 0 fully saturated rings. The molecule has 8 heavy (non-hydrogen) atoms. The summed E-state index contributed by atoms with van der Waals surface area (Å²) in [7, 11) is -2.63. The lowest BCUT2D eigenvalue weighted by Gasteiger charge is -2.03. The van der Waals surface area contributed by atoms with Crippen LogP contribution in [0.4, 0.5) is 0 Å². The van der Waals surface area contributed by atoms with Crippen LogP contribution in [-0.2, 0) is 4.80 Å². The van der Waals surface area contributed by atoms with Crippen LogP contribution in [0.5, 0.6) is 0 Å². The van der Waals surface area contributed by atoms with Crippen molar-refractivity contribution in [2.24, 2.45) is 0 Å². The van der Waals surface area contributed by atoms with Crippen molar-refractivity contribution in [3.63, 3.8) is 0 Å². The number of hydrogen-bond acceptors (Lipinski definition) is 0. The molecule has 0 N–H and O–H groups in total. The Morgan fingerprint density at radius 3 is 1.25 bits per heavy atom. The maximum absolute atomic E-state index is 11.0. The average Bonchev–Trinajstić information content (AvgIpc) is 1.87. The molecule has 0 saturated heterocycles. The summed E-state index contributed by atoms with van der Waals surface area (Å²) in [6.07, 6.45) is 0. The molecule has 1 nitrogen and oxygen atoms in total. The summed E-state index contributed by atoms with van der Waals surface area (Å²) < 4.78 is 0. The highest BCUT2D eigenvalue weighted by atomic mass is 28.4. The van der Waals surface area contributed by atoms with E-state index in [2.05, 4.69) is 19.7 Å². The lowest BCUT2D eigenvalue weighted by Crippen LogP contribution is -2.23. The zero-order valence-electron chi connectivity index (χ0n) is 4.76. The predicted molar refractivity (Wildman–Crippen MR) is 37.0 cm³/mol. The minimum atomic E-state index is -2.63. The number of hydrogen-bond donors (Lipinski definition) is 0. The highest BCUT2D eigenvalue weighted by Crippen LogP contribution is 2.00. The molecule has 0 aliphatic heterocycles. The molecule has 0 heterocycles. The fourth-order valence-corrected chi connectivity index (χ4v) is 0.750. The first-order valence-corrected chi connectivity index (χ1v) is 4.44. The largest absolute Gasteiger partial charge is 0.306 e. The highest BCUT2D eigenvalue weighted by molar-refractivity contribution is 6.86. The van der Waals surface area contributed by atoms with Gasteiger partial charge in [0.15, 0.2) is 0 Å². The van der Waals surface area contributed by atoms with Crippen molar-refractivity contribution in [1.29, 1.82) is 0 Å². The lowest BCUT2D eigenvalue weighted by molar-refractivity contribution is 0.453. The maximum Gasteiger partial charge on any atom is 0.306 e. The van der Waals surface area contributed by atoms with Gasteiger partial charge in [0.1, 0.15) is 0 Å². The SMILES string of the molecule is C=C[Si]([O])(C=C)C=C. The average molecular weight is 125 g/mol. The molecule has 1 radical (unpaired) electrons.